The monoisotopic (exact) mass is 282 g/mol. The first-order valence-corrected chi connectivity index (χ1v) is 7.68. The minimum absolute atomic E-state index is 0.241. The summed E-state index contributed by atoms with van der Waals surface area (Å²) in [6, 6.07) is 0.856. The lowest BCUT2D eigenvalue weighted by Gasteiger charge is -2.24. The van der Waals surface area contributed by atoms with Crippen molar-refractivity contribution in [2.75, 3.05) is 13.1 Å². The Bertz CT molecular complexity index is 468. The molecule has 4 nitrogen and oxygen atoms in total. The normalized spacial score (nSPS) is 28.1. The summed E-state index contributed by atoms with van der Waals surface area (Å²) < 4.78 is 2.33. The van der Waals surface area contributed by atoms with Gasteiger partial charge in [-0.1, -0.05) is 11.6 Å². The number of likely N-dealkylation sites (tertiary alicyclic amines) is 1. The van der Waals surface area contributed by atoms with Gasteiger partial charge in [-0.3, -0.25) is 0 Å². The number of rotatable bonds is 2. The van der Waals surface area contributed by atoms with Crippen molar-refractivity contribution < 1.29 is 0 Å². The van der Waals surface area contributed by atoms with Gasteiger partial charge in [0.25, 0.3) is 0 Å². The minimum Gasteiger partial charge on any atom is -0.330 e. The zero-order chi connectivity index (χ0) is 13.6. The van der Waals surface area contributed by atoms with Crippen LogP contribution in [0.25, 0.3) is 0 Å². The van der Waals surface area contributed by atoms with E-state index in [0.717, 1.165) is 31.6 Å². The summed E-state index contributed by atoms with van der Waals surface area (Å²) in [5, 5.41) is 0.674. The van der Waals surface area contributed by atoms with Gasteiger partial charge in [-0.25, -0.2) is 4.98 Å². The molecule has 106 valence electrons. The molecule has 0 amide bonds. The highest BCUT2D eigenvalue weighted by molar-refractivity contribution is 6.30. The van der Waals surface area contributed by atoms with Gasteiger partial charge in [0.1, 0.15) is 5.82 Å². The topological polar surface area (TPSA) is 47.1 Å². The number of fused-ring (bicyclic) bond motifs is 1. The maximum atomic E-state index is 6.30. The highest BCUT2D eigenvalue weighted by Crippen LogP contribution is 2.33. The Morgan fingerprint density at radius 1 is 1.32 bits per heavy atom. The molecule has 2 atom stereocenters. The van der Waals surface area contributed by atoms with Gasteiger partial charge in [0.2, 0.25) is 0 Å². The van der Waals surface area contributed by atoms with E-state index in [1.807, 2.05) is 0 Å². The summed E-state index contributed by atoms with van der Waals surface area (Å²) in [6.07, 6.45) is 3.09. The Morgan fingerprint density at radius 3 is 2.79 bits per heavy atom. The summed E-state index contributed by atoms with van der Waals surface area (Å²) in [6.45, 7) is 7.77. The molecule has 0 bridgehead atoms. The van der Waals surface area contributed by atoms with Crippen LogP contribution in [0.1, 0.15) is 44.1 Å². The van der Waals surface area contributed by atoms with Crippen molar-refractivity contribution in [3.63, 3.8) is 0 Å². The van der Waals surface area contributed by atoms with Crippen molar-refractivity contribution in [3.8, 4) is 0 Å². The summed E-state index contributed by atoms with van der Waals surface area (Å²) in [5.41, 5.74) is 7.19. The molecule has 0 spiro atoms. The molecule has 2 aliphatic rings. The number of nitrogens with two attached hydrogens (primary N) is 1. The van der Waals surface area contributed by atoms with E-state index >= 15 is 0 Å². The molecule has 1 saturated heterocycles. The standard InChI is InChI=1S/C14H23ClN4/c1-9(2)18-5-3-10(8-18)14-17-13(15)12-7-11(16)4-6-19(12)14/h9-11H,3-8,16H2,1-2H3. The van der Waals surface area contributed by atoms with Crippen LogP contribution in [-0.4, -0.2) is 39.6 Å². The smallest absolute Gasteiger partial charge is 0.150 e. The van der Waals surface area contributed by atoms with Crippen LogP contribution in [0, 0.1) is 0 Å². The third-order valence-electron chi connectivity index (χ3n) is 4.55. The van der Waals surface area contributed by atoms with E-state index in [-0.39, 0.29) is 6.04 Å². The molecule has 2 N–H and O–H groups in total. The lowest BCUT2D eigenvalue weighted by molar-refractivity contribution is 0.271. The number of nitrogens with zero attached hydrogens (tertiary/aromatic N) is 3. The molecular weight excluding hydrogens is 260 g/mol. The van der Waals surface area contributed by atoms with Gasteiger partial charge in [-0.2, -0.15) is 0 Å². The van der Waals surface area contributed by atoms with Crippen LogP contribution in [0.5, 0.6) is 0 Å². The number of aromatic nitrogens is 2. The zero-order valence-electron chi connectivity index (χ0n) is 11.8. The summed E-state index contributed by atoms with van der Waals surface area (Å²) in [7, 11) is 0. The van der Waals surface area contributed by atoms with Gasteiger partial charge in [-0.05, 0) is 33.2 Å². The molecule has 3 heterocycles. The molecule has 1 fully saturated rings. The Labute approximate surface area is 119 Å². The number of imidazole rings is 1. The van der Waals surface area contributed by atoms with Gasteiger partial charge < -0.3 is 15.2 Å². The number of hydrogen-bond donors (Lipinski definition) is 1. The summed E-state index contributed by atoms with van der Waals surface area (Å²) >= 11 is 6.30. The summed E-state index contributed by atoms with van der Waals surface area (Å²) in [5.74, 6) is 1.72. The van der Waals surface area contributed by atoms with Gasteiger partial charge >= 0.3 is 0 Å². The Kier molecular flexibility index (Phi) is 3.58. The van der Waals surface area contributed by atoms with Gasteiger partial charge in [-0.15, -0.1) is 0 Å². The van der Waals surface area contributed by atoms with E-state index in [4.69, 9.17) is 17.3 Å². The SMILES string of the molecule is CC(C)N1CCC(c2nc(Cl)c3n2CCC(N)C3)C1. The van der Waals surface area contributed by atoms with Crippen molar-refractivity contribution in [1.82, 2.24) is 14.5 Å². The van der Waals surface area contributed by atoms with Crippen molar-refractivity contribution in [2.24, 2.45) is 5.73 Å². The largest absolute Gasteiger partial charge is 0.330 e. The molecular formula is C14H23ClN4. The van der Waals surface area contributed by atoms with Crippen LogP contribution in [-0.2, 0) is 13.0 Å². The molecule has 5 heteroatoms. The summed E-state index contributed by atoms with van der Waals surface area (Å²) in [4.78, 5) is 7.17. The third kappa shape index (κ3) is 2.41. The van der Waals surface area contributed by atoms with Crippen LogP contribution in [0.4, 0.5) is 0 Å². The molecule has 19 heavy (non-hydrogen) atoms. The third-order valence-corrected chi connectivity index (χ3v) is 4.85. The molecule has 0 radical (unpaired) electrons. The average molecular weight is 283 g/mol. The molecule has 2 unspecified atom stereocenters. The van der Waals surface area contributed by atoms with Crippen molar-refractivity contribution >= 4 is 11.6 Å². The number of hydrogen-bond acceptors (Lipinski definition) is 3. The van der Waals surface area contributed by atoms with E-state index in [0.29, 0.717) is 17.1 Å². The predicted molar refractivity (Wildman–Crippen MR) is 77.6 cm³/mol. The molecule has 0 aliphatic carbocycles. The van der Waals surface area contributed by atoms with E-state index in [9.17, 15) is 0 Å². The number of halogens is 1. The quantitative estimate of drug-likeness (QED) is 0.903. The van der Waals surface area contributed by atoms with E-state index < -0.39 is 0 Å². The fourth-order valence-electron chi connectivity index (χ4n) is 3.34. The van der Waals surface area contributed by atoms with Crippen LogP contribution < -0.4 is 5.73 Å². The maximum absolute atomic E-state index is 6.30. The second-order valence-electron chi connectivity index (χ2n) is 6.19. The average Bonchev–Trinajstić information content (AvgIpc) is 2.95. The second kappa shape index (κ2) is 5.08. The Morgan fingerprint density at radius 2 is 2.11 bits per heavy atom. The van der Waals surface area contributed by atoms with Crippen molar-refractivity contribution in [3.05, 3.63) is 16.7 Å². The Hall–Kier alpha value is -0.580. The molecule has 3 rings (SSSR count). The first-order chi connectivity index (χ1) is 9.06. The molecule has 0 saturated carbocycles. The van der Waals surface area contributed by atoms with E-state index in [2.05, 4.69) is 28.3 Å². The fraction of sp³-hybridized carbons (Fsp3) is 0.786. The molecule has 1 aromatic heterocycles. The van der Waals surface area contributed by atoms with Gasteiger partial charge in [0, 0.05) is 37.5 Å². The van der Waals surface area contributed by atoms with E-state index in [1.54, 1.807) is 0 Å². The van der Waals surface area contributed by atoms with Crippen LogP contribution >= 0.6 is 11.6 Å². The van der Waals surface area contributed by atoms with Crippen LogP contribution in [0.2, 0.25) is 5.15 Å². The molecule has 2 aliphatic heterocycles. The second-order valence-corrected chi connectivity index (χ2v) is 6.54. The highest BCUT2D eigenvalue weighted by atomic mass is 35.5. The van der Waals surface area contributed by atoms with Crippen LogP contribution in [0.15, 0.2) is 0 Å². The minimum atomic E-state index is 0.241. The van der Waals surface area contributed by atoms with Crippen molar-refractivity contribution in [2.45, 2.75) is 57.7 Å². The predicted octanol–water partition coefficient (Wildman–Crippen LogP) is 2.01. The molecule has 1 aromatic rings. The van der Waals surface area contributed by atoms with Crippen LogP contribution in [0.3, 0.4) is 0 Å². The first kappa shape index (κ1) is 13.4. The lowest BCUT2D eigenvalue weighted by Crippen LogP contribution is -2.32. The first-order valence-electron chi connectivity index (χ1n) is 7.30. The van der Waals surface area contributed by atoms with Gasteiger partial charge in [0.05, 0.1) is 5.69 Å². The zero-order valence-corrected chi connectivity index (χ0v) is 12.5. The Balaban J connectivity index is 1.85. The molecule has 0 aromatic carbocycles. The van der Waals surface area contributed by atoms with E-state index in [1.165, 1.54) is 18.8 Å². The van der Waals surface area contributed by atoms with Gasteiger partial charge in [0.15, 0.2) is 5.15 Å². The lowest BCUT2D eigenvalue weighted by atomic mass is 10.0. The fourth-order valence-corrected chi connectivity index (χ4v) is 3.61. The highest BCUT2D eigenvalue weighted by Gasteiger charge is 2.32. The van der Waals surface area contributed by atoms with Crippen molar-refractivity contribution in [1.29, 1.82) is 0 Å². The maximum Gasteiger partial charge on any atom is 0.150 e.